The topological polar surface area (TPSA) is 170 Å². The van der Waals surface area contributed by atoms with Gasteiger partial charge in [0.05, 0.1) is 35.8 Å². The molecule has 6 rings (SSSR count). The van der Waals surface area contributed by atoms with Crippen molar-refractivity contribution in [2.45, 2.75) is 126 Å². The second-order valence-electron chi connectivity index (χ2n) is 13.3. The van der Waals surface area contributed by atoms with Crippen molar-refractivity contribution in [3.8, 4) is 0 Å². The molecule has 13 atom stereocenters. The Hall–Kier alpha value is -1.63. The quantitative estimate of drug-likeness (QED) is 0.293. The van der Waals surface area contributed by atoms with E-state index in [1.165, 1.54) is 12.3 Å². The van der Waals surface area contributed by atoms with Gasteiger partial charge >= 0.3 is 5.63 Å². The zero-order valence-electron chi connectivity index (χ0n) is 23.3. The van der Waals surface area contributed by atoms with Gasteiger partial charge in [0.1, 0.15) is 18.3 Å². The van der Waals surface area contributed by atoms with Crippen molar-refractivity contribution >= 4 is 0 Å². The van der Waals surface area contributed by atoms with Gasteiger partial charge in [0.2, 0.25) is 0 Å². The summed E-state index contributed by atoms with van der Waals surface area (Å²) < 4.78 is 16.8. The Kier molecular flexibility index (Phi) is 6.72. The van der Waals surface area contributed by atoms with Crippen molar-refractivity contribution in [3.63, 3.8) is 0 Å². The Morgan fingerprint density at radius 2 is 1.70 bits per heavy atom. The Bertz CT molecular complexity index is 1210. The summed E-state index contributed by atoms with van der Waals surface area (Å²) in [6.45, 7) is 5.52. The van der Waals surface area contributed by atoms with Gasteiger partial charge in [-0.15, -0.1) is 0 Å². The number of hydrogen-bond donors (Lipinski definition) is 6. The molecule has 1 aliphatic heterocycles. The molecule has 1 saturated heterocycles. The smallest absolute Gasteiger partial charge is 0.335 e. The highest BCUT2D eigenvalue weighted by Crippen LogP contribution is 2.71. The summed E-state index contributed by atoms with van der Waals surface area (Å²) >= 11 is 0. The van der Waals surface area contributed by atoms with Crippen molar-refractivity contribution in [2.24, 2.45) is 16.7 Å². The second kappa shape index (κ2) is 9.44. The molecule has 0 amide bonds. The summed E-state index contributed by atoms with van der Waals surface area (Å²) in [6.07, 6.45) is -0.505. The maximum absolute atomic E-state index is 12.5. The zero-order valence-corrected chi connectivity index (χ0v) is 23.3. The van der Waals surface area contributed by atoms with Crippen LogP contribution in [-0.4, -0.2) is 84.8 Å². The highest BCUT2D eigenvalue weighted by atomic mass is 16.7. The molecular weight excluding hydrogens is 520 g/mol. The number of ether oxygens (including phenoxy) is 2. The Balaban J connectivity index is 1.28. The molecule has 10 nitrogen and oxygen atoms in total. The number of hydrogen-bond acceptors (Lipinski definition) is 10. The lowest BCUT2D eigenvalue weighted by atomic mass is 9.42. The first kappa shape index (κ1) is 28.5. The highest BCUT2D eigenvalue weighted by Gasteiger charge is 2.74. The number of aliphatic hydroxyl groups excluding tert-OH is 4. The number of rotatable bonds is 3. The van der Waals surface area contributed by atoms with Crippen molar-refractivity contribution in [1.29, 1.82) is 0 Å². The van der Waals surface area contributed by atoms with Gasteiger partial charge < -0.3 is 44.5 Å². The summed E-state index contributed by atoms with van der Waals surface area (Å²) in [5.41, 5.74) is -3.02. The van der Waals surface area contributed by atoms with Crippen molar-refractivity contribution in [3.05, 3.63) is 46.0 Å². The molecule has 0 unspecified atom stereocenters. The molecule has 10 heteroatoms. The monoisotopic (exact) mass is 562 g/mol. The van der Waals surface area contributed by atoms with E-state index >= 15 is 0 Å². The lowest BCUT2D eigenvalue weighted by Crippen LogP contribution is -2.73. The minimum absolute atomic E-state index is 0.106. The molecule has 1 aromatic rings. The largest absolute Gasteiger partial charge is 0.431 e. The highest BCUT2D eigenvalue weighted by molar-refractivity contribution is 5.36. The normalized spacial score (nSPS) is 52.3. The molecule has 0 aromatic carbocycles. The lowest BCUT2D eigenvalue weighted by molar-refractivity contribution is -0.304. The average Bonchev–Trinajstić information content (AvgIpc) is 3.19. The molecule has 4 aliphatic carbocycles. The first-order valence-corrected chi connectivity index (χ1v) is 14.5. The summed E-state index contributed by atoms with van der Waals surface area (Å²) in [5, 5.41) is 67.2. The summed E-state index contributed by atoms with van der Waals surface area (Å²) in [6, 6.07) is 3.07. The van der Waals surface area contributed by atoms with E-state index in [0.29, 0.717) is 38.5 Å². The zero-order chi connectivity index (χ0) is 28.8. The molecule has 6 N–H and O–H groups in total. The van der Waals surface area contributed by atoms with Crippen molar-refractivity contribution in [1.82, 2.24) is 0 Å². The molecule has 0 radical (unpaired) electrons. The van der Waals surface area contributed by atoms with E-state index in [9.17, 15) is 35.4 Å². The minimum atomic E-state index is -1.40. The van der Waals surface area contributed by atoms with Crippen LogP contribution in [-0.2, 0) is 9.47 Å². The molecule has 1 aromatic heterocycles. The Morgan fingerprint density at radius 1 is 0.950 bits per heavy atom. The van der Waals surface area contributed by atoms with Crippen LogP contribution in [0, 0.1) is 16.7 Å². The van der Waals surface area contributed by atoms with Crippen LogP contribution in [0.2, 0.25) is 0 Å². The molecule has 4 fully saturated rings. The SMILES string of the molecule is C[C@@H]1O[C@@H](O[C@@H]2C=C3CC[C@H]4[C@]5(O)CC[C@H](c6ccc(=O)oc6)[C@@]5(C)[C@H](O)C[C@]4(O)[C@@]3(C)CC2)[C@@H](O)[C@@H](O)[C@H]1O. The molecule has 5 aliphatic rings. The van der Waals surface area contributed by atoms with E-state index in [1.54, 1.807) is 13.0 Å². The fraction of sp³-hybridized carbons (Fsp3) is 0.767. The third-order valence-electron chi connectivity index (χ3n) is 11.7. The van der Waals surface area contributed by atoms with E-state index in [1.807, 2.05) is 19.9 Å². The van der Waals surface area contributed by atoms with Crippen molar-refractivity contribution < 1.29 is 44.5 Å². The summed E-state index contributed by atoms with van der Waals surface area (Å²) in [5.74, 6) is -0.691. The van der Waals surface area contributed by atoms with Gasteiger partial charge in [-0.1, -0.05) is 25.5 Å². The summed E-state index contributed by atoms with van der Waals surface area (Å²) in [4.78, 5) is 11.6. The van der Waals surface area contributed by atoms with Gasteiger partial charge in [0.25, 0.3) is 0 Å². The maximum atomic E-state index is 12.5. The minimum Gasteiger partial charge on any atom is -0.431 e. The van der Waals surface area contributed by atoms with E-state index in [0.717, 1.165) is 11.1 Å². The van der Waals surface area contributed by atoms with Crippen molar-refractivity contribution in [2.75, 3.05) is 0 Å². The number of aliphatic hydroxyl groups is 6. The average molecular weight is 563 g/mol. The van der Waals surface area contributed by atoms with Gasteiger partial charge in [-0.25, -0.2) is 4.79 Å². The first-order chi connectivity index (χ1) is 18.8. The number of fused-ring (bicyclic) bond motifs is 5. The lowest BCUT2D eigenvalue weighted by Gasteiger charge is -2.67. The fourth-order valence-electron chi connectivity index (χ4n) is 9.16. The molecule has 2 heterocycles. The molecular formula is C30H42O10. The predicted octanol–water partition coefficient (Wildman–Crippen LogP) is 1.10. The predicted molar refractivity (Wildman–Crippen MR) is 141 cm³/mol. The van der Waals surface area contributed by atoms with Crippen LogP contribution in [0.25, 0.3) is 0 Å². The van der Waals surface area contributed by atoms with Crippen LogP contribution >= 0.6 is 0 Å². The third-order valence-corrected chi connectivity index (χ3v) is 11.7. The Labute approximate surface area is 233 Å². The summed E-state index contributed by atoms with van der Waals surface area (Å²) in [7, 11) is 0. The van der Waals surface area contributed by atoms with Crippen LogP contribution in [0.1, 0.15) is 77.2 Å². The fourth-order valence-corrected chi connectivity index (χ4v) is 9.16. The van der Waals surface area contributed by atoms with E-state index in [4.69, 9.17) is 13.9 Å². The van der Waals surface area contributed by atoms with Gasteiger partial charge in [-0.05, 0) is 63.0 Å². The molecule has 0 spiro atoms. The van der Waals surface area contributed by atoms with Crippen LogP contribution in [0.5, 0.6) is 0 Å². The third kappa shape index (κ3) is 3.74. The molecule has 222 valence electrons. The van der Waals surface area contributed by atoms with E-state index in [-0.39, 0.29) is 12.3 Å². The van der Waals surface area contributed by atoms with Gasteiger partial charge in [-0.3, -0.25) is 0 Å². The molecule has 3 saturated carbocycles. The van der Waals surface area contributed by atoms with Crippen LogP contribution in [0.15, 0.2) is 39.3 Å². The molecule has 40 heavy (non-hydrogen) atoms. The first-order valence-electron chi connectivity index (χ1n) is 14.5. The van der Waals surface area contributed by atoms with Gasteiger partial charge in [0.15, 0.2) is 6.29 Å². The van der Waals surface area contributed by atoms with Crippen LogP contribution in [0.4, 0.5) is 0 Å². The second-order valence-corrected chi connectivity index (χ2v) is 13.3. The van der Waals surface area contributed by atoms with Crippen LogP contribution in [0.3, 0.4) is 0 Å². The van der Waals surface area contributed by atoms with E-state index < -0.39 is 76.5 Å². The van der Waals surface area contributed by atoms with Gasteiger partial charge in [-0.2, -0.15) is 0 Å². The van der Waals surface area contributed by atoms with Crippen LogP contribution < -0.4 is 5.63 Å². The standard InChI is InChI=1S/C30H42O10/c1-15-23(33)24(34)25(35)26(39-15)40-18-8-10-27(2)17(12-18)5-6-20-29(36)11-9-19(16-4-7-22(32)38-14-16)28(29,3)21(31)13-30(20,27)37/h4,7,12,14-15,18-21,23-26,31,33-37H,5-6,8-11,13H2,1-3H3/t15-,18-,19+,20-,21+,23-,24-,25-,26-,27-,28-,29+,30+/m0/s1. The Morgan fingerprint density at radius 3 is 2.40 bits per heavy atom. The van der Waals surface area contributed by atoms with E-state index in [2.05, 4.69) is 0 Å². The van der Waals surface area contributed by atoms with Gasteiger partial charge in [0, 0.05) is 29.2 Å². The molecule has 0 bridgehead atoms. The maximum Gasteiger partial charge on any atom is 0.335 e.